The first-order valence-electron chi connectivity index (χ1n) is 5.54. The maximum Gasteiger partial charge on any atom is 0.313 e. The second kappa shape index (κ2) is 7.29. The number of carboxylic acids is 1. The van der Waals surface area contributed by atoms with Crippen molar-refractivity contribution >= 4 is 57.2 Å². The number of hydrogen-bond acceptors (Lipinski definition) is 6. The van der Waals surface area contributed by atoms with Crippen molar-refractivity contribution in [2.24, 2.45) is 0 Å². The van der Waals surface area contributed by atoms with Gasteiger partial charge in [0.2, 0.25) is 5.13 Å². The lowest BCUT2D eigenvalue weighted by Gasteiger charge is -2.07. The zero-order chi connectivity index (χ0) is 15.2. The first kappa shape index (κ1) is 15.6. The van der Waals surface area contributed by atoms with Gasteiger partial charge in [0.05, 0.1) is 5.75 Å². The molecule has 3 N–H and O–H groups in total. The molecule has 21 heavy (non-hydrogen) atoms. The van der Waals surface area contributed by atoms with Gasteiger partial charge in [0, 0.05) is 5.69 Å². The van der Waals surface area contributed by atoms with Crippen molar-refractivity contribution in [3.63, 3.8) is 0 Å². The Bertz CT molecular complexity index is 647. The first-order chi connectivity index (χ1) is 10.0. The predicted molar refractivity (Wildman–Crippen MR) is 84.5 cm³/mol. The normalized spacial score (nSPS) is 10.1. The molecule has 0 unspecified atom stereocenters. The fourth-order valence-corrected chi connectivity index (χ4v) is 2.99. The van der Waals surface area contributed by atoms with Gasteiger partial charge in [-0.3, -0.25) is 4.79 Å². The van der Waals surface area contributed by atoms with E-state index >= 15 is 0 Å². The number of rotatable bonds is 5. The van der Waals surface area contributed by atoms with E-state index in [1.807, 2.05) is 0 Å². The molecule has 0 saturated heterocycles. The third-order valence-electron chi connectivity index (χ3n) is 2.05. The van der Waals surface area contributed by atoms with E-state index in [1.165, 1.54) is 23.5 Å². The van der Waals surface area contributed by atoms with Gasteiger partial charge in [-0.2, -0.15) is 0 Å². The smallest absolute Gasteiger partial charge is 0.313 e. The van der Waals surface area contributed by atoms with Crippen LogP contribution >= 0.6 is 35.3 Å². The van der Waals surface area contributed by atoms with Gasteiger partial charge in [0.1, 0.15) is 5.82 Å². The summed E-state index contributed by atoms with van der Waals surface area (Å²) in [6.45, 7) is 0. The van der Waals surface area contributed by atoms with Crippen molar-refractivity contribution in [3.05, 3.63) is 30.1 Å². The van der Waals surface area contributed by atoms with Crippen LogP contribution in [-0.4, -0.2) is 32.1 Å². The standard InChI is InChI=1S/C11H9FN4O2S3/c12-6-1-3-7(4-2-6)13-9(19)14-10-15-16-11(21-10)20-5-8(17)18/h1-4H,5H2,(H,17,18)(H2,13,14,15,19). The summed E-state index contributed by atoms with van der Waals surface area (Å²) in [6, 6.07) is 5.74. The maximum absolute atomic E-state index is 12.8. The molecule has 0 fully saturated rings. The molecular weight excluding hydrogens is 335 g/mol. The summed E-state index contributed by atoms with van der Waals surface area (Å²) in [5.41, 5.74) is 0.638. The number of hydrogen-bond donors (Lipinski definition) is 3. The van der Waals surface area contributed by atoms with E-state index in [4.69, 9.17) is 17.3 Å². The molecule has 1 heterocycles. The predicted octanol–water partition coefficient (Wildman–Crippen LogP) is 2.66. The molecule has 0 amide bonds. The molecule has 2 aromatic rings. The number of nitrogens with zero attached hydrogens (tertiary/aromatic N) is 2. The topological polar surface area (TPSA) is 87.1 Å². The number of aliphatic carboxylic acids is 1. The summed E-state index contributed by atoms with van der Waals surface area (Å²) in [5, 5.41) is 22.7. The fourth-order valence-electron chi connectivity index (χ4n) is 1.23. The molecule has 0 radical (unpaired) electrons. The average molecular weight is 344 g/mol. The van der Waals surface area contributed by atoms with Crippen LogP contribution in [0.2, 0.25) is 0 Å². The minimum Gasteiger partial charge on any atom is -0.481 e. The molecule has 0 aliphatic carbocycles. The Morgan fingerprint density at radius 1 is 1.33 bits per heavy atom. The molecule has 0 atom stereocenters. The van der Waals surface area contributed by atoms with Gasteiger partial charge in [-0.25, -0.2) is 4.39 Å². The van der Waals surface area contributed by atoms with Crippen LogP contribution in [0, 0.1) is 5.82 Å². The molecule has 0 aliphatic rings. The number of carbonyl (C=O) groups is 1. The van der Waals surface area contributed by atoms with Crippen molar-refractivity contribution in [1.82, 2.24) is 10.2 Å². The SMILES string of the molecule is O=C(O)CSc1nnc(NC(=S)Nc2ccc(F)cc2)s1. The number of halogens is 1. The highest BCUT2D eigenvalue weighted by Crippen LogP contribution is 2.25. The van der Waals surface area contributed by atoms with E-state index in [9.17, 15) is 9.18 Å². The van der Waals surface area contributed by atoms with Crippen molar-refractivity contribution in [3.8, 4) is 0 Å². The summed E-state index contributed by atoms with van der Waals surface area (Å²) in [6.07, 6.45) is 0. The van der Waals surface area contributed by atoms with E-state index < -0.39 is 5.97 Å². The Kier molecular flexibility index (Phi) is 5.42. The van der Waals surface area contributed by atoms with E-state index in [1.54, 1.807) is 12.1 Å². The Balaban J connectivity index is 1.87. The molecule has 0 bridgehead atoms. The number of carboxylic acid groups (broad SMARTS) is 1. The van der Waals surface area contributed by atoms with Crippen LogP contribution in [-0.2, 0) is 4.79 Å². The monoisotopic (exact) mass is 344 g/mol. The Morgan fingerprint density at radius 3 is 2.71 bits per heavy atom. The van der Waals surface area contributed by atoms with Crippen molar-refractivity contribution in [2.45, 2.75) is 4.34 Å². The van der Waals surface area contributed by atoms with Gasteiger partial charge in [0.15, 0.2) is 9.45 Å². The van der Waals surface area contributed by atoms with Crippen LogP contribution in [0.3, 0.4) is 0 Å². The molecule has 10 heteroatoms. The van der Waals surface area contributed by atoms with Gasteiger partial charge >= 0.3 is 5.97 Å². The number of benzene rings is 1. The lowest BCUT2D eigenvalue weighted by molar-refractivity contribution is -0.133. The van der Waals surface area contributed by atoms with Gasteiger partial charge < -0.3 is 15.7 Å². The lowest BCUT2D eigenvalue weighted by atomic mass is 10.3. The fraction of sp³-hybridized carbons (Fsp3) is 0.0909. The van der Waals surface area contributed by atoms with E-state index in [0.717, 1.165) is 11.8 Å². The maximum atomic E-state index is 12.8. The van der Waals surface area contributed by atoms with Crippen LogP contribution < -0.4 is 10.6 Å². The second-order valence-corrected chi connectivity index (χ2v) is 6.25. The number of aromatic nitrogens is 2. The molecule has 6 nitrogen and oxygen atoms in total. The molecule has 110 valence electrons. The quantitative estimate of drug-likeness (QED) is 0.564. The number of anilines is 2. The summed E-state index contributed by atoms with van der Waals surface area (Å²) in [7, 11) is 0. The van der Waals surface area contributed by atoms with Crippen LogP contribution in [0.5, 0.6) is 0 Å². The van der Waals surface area contributed by atoms with E-state index in [0.29, 0.717) is 15.2 Å². The summed E-state index contributed by atoms with van der Waals surface area (Å²) < 4.78 is 13.3. The molecule has 0 saturated carbocycles. The molecular formula is C11H9FN4O2S3. The van der Waals surface area contributed by atoms with Crippen molar-refractivity contribution in [1.29, 1.82) is 0 Å². The molecule has 1 aromatic carbocycles. The molecule has 2 rings (SSSR count). The zero-order valence-corrected chi connectivity index (χ0v) is 12.8. The third kappa shape index (κ3) is 5.25. The van der Waals surface area contributed by atoms with Crippen molar-refractivity contribution in [2.75, 3.05) is 16.4 Å². The Morgan fingerprint density at radius 2 is 2.05 bits per heavy atom. The van der Waals surface area contributed by atoms with Gasteiger partial charge in [-0.1, -0.05) is 23.1 Å². The van der Waals surface area contributed by atoms with E-state index in [-0.39, 0.29) is 16.7 Å². The number of thiocarbonyl (C=S) groups is 1. The highest BCUT2D eigenvalue weighted by Gasteiger charge is 2.08. The van der Waals surface area contributed by atoms with Crippen LogP contribution in [0.4, 0.5) is 15.2 Å². The summed E-state index contributed by atoms with van der Waals surface area (Å²) in [5.74, 6) is -1.32. The van der Waals surface area contributed by atoms with Gasteiger partial charge in [-0.15, -0.1) is 10.2 Å². The highest BCUT2D eigenvalue weighted by molar-refractivity contribution is 8.01. The third-order valence-corrected chi connectivity index (χ3v) is 4.21. The van der Waals surface area contributed by atoms with Crippen LogP contribution in [0.25, 0.3) is 0 Å². The van der Waals surface area contributed by atoms with Crippen LogP contribution in [0.15, 0.2) is 28.6 Å². The summed E-state index contributed by atoms with van der Waals surface area (Å²) in [4.78, 5) is 10.4. The first-order valence-corrected chi connectivity index (χ1v) is 7.75. The van der Waals surface area contributed by atoms with Gasteiger partial charge in [-0.05, 0) is 36.5 Å². The molecule has 0 spiro atoms. The molecule has 0 aliphatic heterocycles. The van der Waals surface area contributed by atoms with Crippen LogP contribution in [0.1, 0.15) is 0 Å². The van der Waals surface area contributed by atoms with Crippen molar-refractivity contribution < 1.29 is 14.3 Å². The lowest BCUT2D eigenvalue weighted by Crippen LogP contribution is -2.18. The number of thioether (sulfide) groups is 1. The minimum absolute atomic E-state index is 0.0765. The summed E-state index contributed by atoms with van der Waals surface area (Å²) >= 11 is 7.37. The van der Waals surface area contributed by atoms with E-state index in [2.05, 4.69) is 20.8 Å². The Hall–Kier alpha value is -1.78. The molecule has 1 aromatic heterocycles. The Labute approximate surface area is 132 Å². The second-order valence-electron chi connectivity index (χ2n) is 3.64. The minimum atomic E-state index is -0.918. The average Bonchev–Trinajstić information content (AvgIpc) is 2.86. The highest BCUT2D eigenvalue weighted by atomic mass is 32.2. The van der Waals surface area contributed by atoms with Gasteiger partial charge in [0.25, 0.3) is 0 Å². The zero-order valence-electron chi connectivity index (χ0n) is 10.4. The largest absolute Gasteiger partial charge is 0.481 e. The number of nitrogens with one attached hydrogen (secondary N) is 2.